The van der Waals surface area contributed by atoms with Crippen LogP contribution in [0.2, 0.25) is 0 Å². The number of rotatable bonds is 8. The second-order valence-corrected chi connectivity index (χ2v) is 6.40. The van der Waals surface area contributed by atoms with Crippen molar-refractivity contribution in [3.05, 3.63) is 0 Å². The molecule has 0 aromatic carbocycles. The van der Waals surface area contributed by atoms with Crippen LogP contribution in [0.1, 0.15) is 45.4 Å². The molecule has 16 heavy (non-hydrogen) atoms. The second kappa shape index (κ2) is 7.25. The Bertz CT molecular complexity index is 272. The highest BCUT2D eigenvalue weighted by molar-refractivity contribution is 7.89. The standard InChI is InChI=1S/C11H24N2O2S/c1-2-8-12-9-5-10-16(14,15)13-11-6-3-4-7-11/h11-13H,2-10H2,1H3. The third-order valence-electron chi connectivity index (χ3n) is 2.89. The molecule has 0 bridgehead atoms. The maximum Gasteiger partial charge on any atom is 0.211 e. The van der Waals surface area contributed by atoms with Gasteiger partial charge in [-0.15, -0.1) is 0 Å². The van der Waals surface area contributed by atoms with Gasteiger partial charge in [0.05, 0.1) is 5.75 Å². The highest BCUT2D eigenvalue weighted by atomic mass is 32.2. The molecule has 0 radical (unpaired) electrons. The normalized spacial score (nSPS) is 18.1. The Morgan fingerprint density at radius 2 is 1.88 bits per heavy atom. The van der Waals surface area contributed by atoms with Gasteiger partial charge < -0.3 is 5.32 Å². The molecule has 1 rings (SSSR count). The molecule has 2 N–H and O–H groups in total. The minimum absolute atomic E-state index is 0.202. The Hall–Kier alpha value is -0.130. The zero-order chi connectivity index (χ0) is 11.9. The zero-order valence-electron chi connectivity index (χ0n) is 10.2. The van der Waals surface area contributed by atoms with Crippen LogP contribution in [0.5, 0.6) is 0 Å². The van der Waals surface area contributed by atoms with E-state index in [1.54, 1.807) is 0 Å². The van der Waals surface area contributed by atoms with E-state index in [1.807, 2.05) is 0 Å². The van der Waals surface area contributed by atoms with Crippen molar-refractivity contribution in [2.45, 2.75) is 51.5 Å². The van der Waals surface area contributed by atoms with Gasteiger partial charge in [0.15, 0.2) is 0 Å². The van der Waals surface area contributed by atoms with Gasteiger partial charge in [0.2, 0.25) is 10.0 Å². The van der Waals surface area contributed by atoms with E-state index in [2.05, 4.69) is 17.0 Å². The molecule has 4 nitrogen and oxygen atoms in total. The maximum atomic E-state index is 11.7. The van der Waals surface area contributed by atoms with E-state index in [1.165, 1.54) is 0 Å². The van der Waals surface area contributed by atoms with Gasteiger partial charge in [-0.25, -0.2) is 13.1 Å². The first-order chi connectivity index (χ1) is 7.64. The van der Waals surface area contributed by atoms with Crippen molar-refractivity contribution < 1.29 is 8.42 Å². The predicted molar refractivity (Wildman–Crippen MR) is 67.0 cm³/mol. The second-order valence-electron chi connectivity index (χ2n) is 4.52. The number of sulfonamides is 1. The van der Waals surface area contributed by atoms with Crippen LogP contribution in [0.4, 0.5) is 0 Å². The topological polar surface area (TPSA) is 58.2 Å². The molecule has 1 fully saturated rings. The van der Waals surface area contributed by atoms with Gasteiger partial charge in [0.1, 0.15) is 0 Å². The Kier molecular flexibility index (Phi) is 6.31. The lowest BCUT2D eigenvalue weighted by molar-refractivity contribution is 0.547. The highest BCUT2D eigenvalue weighted by Gasteiger charge is 2.20. The van der Waals surface area contributed by atoms with Crippen molar-refractivity contribution in [2.75, 3.05) is 18.8 Å². The molecule has 1 aliphatic carbocycles. The van der Waals surface area contributed by atoms with Crippen molar-refractivity contribution in [2.24, 2.45) is 0 Å². The van der Waals surface area contributed by atoms with E-state index in [9.17, 15) is 8.42 Å². The van der Waals surface area contributed by atoms with Crippen molar-refractivity contribution >= 4 is 10.0 Å². The molecule has 0 aromatic heterocycles. The molecule has 0 amide bonds. The molecule has 0 heterocycles. The molecule has 0 unspecified atom stereocenters. The lowest BCUT2D eigenvalue weighted by atomic mass is 10.3. The Morgan fingerprint density at radius 3 is 2.50 bits per heavy atom. The van der Waals surface area contributed by atoms with Crippen LogP contribution in [0.15, 0.2) is 0 Å². The number of hydrogen-bond acceptors (Lipinski definition) is 3. The lowest BCUT2D eigenvalue weighted by Gasteiger charge is -2.12. The molecule has 0 aromatic rings. The third kappa shape index (κ3) is 5.82. The van der Waals surface area contributed by atoms with Crippen LogP contribution in [-0.4, -0.2) is 33.3 Å². The van der Waals surface area contributed by atoms with Crippen molar-refractivity contribution in [3.63, 3.8) is 0 Å². The summed E-state index contributed by atoms with van der Waals surface area (Å²) >= 11 is 0. The monoisotopic (exact) mass is 248 g/mol. The molecular weight excluding hydrogens is 224 g/mol. The van der Waals surface area contributed by atoms with Gasteiger partial charge in [-0.3, -0.25) is 0 Å². The zero-order valence-corrected chi connectivity index (χ0v) is 11.0. The molecule has 0 atom stereocenters. The summed E-state index contributed by atoms with van der Waals surface area (Å²) in [6, 6.07) is 0.202. The third-order valence-corrected chi connectivity index (χ3v) is 4.41. The van der Waals surface area contributed by atoms with Gasteiger partial charge in [-0.1, -0.05) is 19.8 Å². The molecular formula is C11H24N2O2S. The van der Waals surface area contributed by atoms with Gasteiger partial charge in [-0.2, -0.15) is 0 Å². The fourth-order valence-corrected chi connectivity index (χ4v) is 3.43. The van der Waals surface area contributed by atoms with Crippen molar-refractivity contribution in [1.29, 1.82) is 0 Å². The molecule has 96 valence electrons. The Labute approximate surface area is 99.2 Å². The summed E-state index contributed by atoms with van der Waals surface area (Å²) in [7, 11) is -3.04. The summed E-state index contributed by atoms with van der Waals surface area (Å²) in [6.07, 6.45) is 6.12. The Balaban J connectivity index is 2.13. The summed E-state index contributed by atoms with van der Waals surface area (Å²) in [4.78, 5) is 0. The van der Waals surface area contributed by atoms with Gasteiger partial charge in [0.25, 0.3) is 0 Å². The molecule has 1 aliphatic rings. The summed E-state index contributed by atoms with van der Waals surface area (Å²) in [5.41, 5.74) is 0. The van der Waals surface area contributed by atoms with Gasteiger partial charge in [0, 0.05) is 6.04 Å². The Morgan fingerprint density at radius 1 is 1.19 bits per heavy atom. The summed E-state index contributed by atoms with van der Waals surface area (Å²) < 4.78 is 26.2. The first-order valence-corrected chi connectivity index (χ1v) is 8.00. The van der Waals surface area contributed by atoms with E-state index in [-0.39, 0.29) is 11.8 Å². The fourth-order valence-electron chi connectivity index (χ4n) is 2.05. The predicted octanol–water partition coefficient (Wildman–Crippen LogP) is 1.24. The van der Waals surface area contributed by atoms with Gasteiger partial charge in [-0.05, 0) is 38.8 Å². The first kappa shape index (κ1) is 13.9. The van der Waals surface area contributed by atoms with E-state index in [0.29, 0.717) is 6.42 Å². The molecule has 1 saturated carbocycles. The van der Waals surface area contributed by atoms with E-state index >= 15 is 0 Å². The van der Waals surface area contributed by atoms with Crippen LogP contribution in [0.25, 0.3) is 0 Å². The van der Waals surface area contributed by atoms with Crippen molar-refractivity contribution in [1.82, 2.24) is 10.0 Å². The van der Waals surface area contributed by atoms with E-state index in [0.717, 1.165) is 45.2 Å². The summed E-state index contributed by atoms with van der Waals surface area (Å²) in [5, 5.41) is 3.21. The lowest BCUT2D eigenvalue weighted by Crippen LogP contribution is -2.35. The van der Waals surface area contributed by atoms with Crippen LogP contribution in [0.3, 0.4) is 0 Å². The average molecular weight is 248 g/mol. The molecule has 0 saturated heterocycles. The van der Waals surface area contributed by atoms with Crippen LogP contribution >= 0.6 is 0 Å². The first-order valence-electron chi connectivity index (χ1n) is 6.35. The smallest absolute Gasteiger partial charge is 0.211 e. The summed E-state index contributed by atoms with van der Waals surface area (Å²) in [5.74, 6) is 0.250. The molecule has 0 spiro atoms. The van der Waals surface area contributed by atoms with E-state index < -0.39 is 10.0 Å². The average Bonchev–Trinajstić information content (AvgIpc) is 2.69. The van der Waals surface area contributed by atoms with Crippen LogP contribution < -0.4 is 10.0 Å². The number of hydrogen-bond donors (Lipinski definition) is 2. The minimum atomic E-state index is -3.04. The molecule has 5 heteroatoms. The largest absolute Gasteiger partial charge is 0.317 e. The SMILES string of the molecule is CCCNCCCS(=O)(=O)NC1CCCC1. The van der Waals surface area contributed by atoms with Gasteiger partial charge >= 0.3 is 0 Å². The molecule has 0 aliphatic heterocycles. The fraction of sp³-hybridized carbons (Fsp3) is 1.00. The summed E-state index contributed by atoms with van der Waals surface area (Å²) in [6.45, 7) is 3.86. The highest BCUT2D eigenvalue weighted by Crippen LogP contribution is 2.18. The maximum absolute atomic E-state index is 11.7. The minimum Gasteiger partial charge on any atom is -0.317 e. The van der Waals surface area contributed by atoms with Crippen LogP contribution in [0, 0.1) is 0 Å². The van der Waals surface area contributed by atoms with Crippen molar-refractivity contribution in [3.8, 4) is 0 Å². The quantitative estimate of drug-likeness (QED) is 0.635. The number of nitrogens with one attached hydrogen (secondary N) is 2. The van der Waals surface area contributed by atoms with Crippen LogP contribution in [-0.2, 0) is 10.0 Å². The van der Waals surface area contributed by atoms with E-state index in [4.69, 9.17) is 0 Å².